The van der Waals surface area contributed by atoms with E-state index in [9.17, 15) is 5.11 Å². The quantitative estimate of drug-likeness (QED) is 0.554. The maximum Gasteiger partial charge on any atom is 0.148 e. The smallest absolute Gasteiger partial charge is 0.148 e. The first-order valence-corrected chi connectivity index (χ1v) is 6.90. The molecule has 1 saturated heterocycles. The van der Waals surface area contributed by atoms with Gasteiger partial charge in [-0.05, 0) is 18.8 Å². The van der Waals surface area contributed by atoms with Gasteiger partial charge in [-0.15, -0.1) is 0 Å². The molecule has 1 aromatic rings. The Balaban J connectivity index is 2.28. The third-order valence-electron chi connectivity index (χ3n) is 3.78. The molecule has 0 amide bonds. The van der Waals surface area contributed by atoms with Gasteiger partial charge in [-0.1, -0.05) is 20.3 Å². The summed E-state index contributed by atoms with van der Waals surface area (Å²) < 4.78 is 0. The van der Waals surface area contributed by atoms with Gasteiger partial charge in [-0.2, -0.15) is 0 Å². The van der Waals surface area contributed by atoms with Crippen LogP contribution in [-0.2, 0) is 6.42 Å². The fourth-order valence-corrected chi connectivity index (χ4v) is 2.52. The molecule has 1 aromatic heterocycles. The highest BCUT2D eigenvalue weighted by molar-refractivity contribution is 5.58. The summed E-state index contributed by atoms with van der Waals surface area (Å²) in [6.07, 6.45) is 4.07. The number of aliphatic hydroxyl groups excluding tert-OH is 1. The largest absolute Gasteiger partial charge is 0.391 e. The topological polar surface area (TPSA) is 87.3 Å². The van der Waals surface area contributed by atoms with Crippen molar-refractivity contribution < 1.29 is 5.11 Å². The average Bonchev–Trinajstić information content (AvgIpc) is 2.42. The number of nitrogens with two attached hydrogens (primary N) is 1. The number of aliphatic hydroxyl groups is 1. The highest BCUT2D eigenvalue weighted by atomic mass is 16.3. The van der Waals surface area contributed by atoms with Crippen LogP contribution in [0.3, 0.4) is 0 Å². The minimum Gasteiger partial charge on any atom is -0.391 e. The second kappa shape index (κ2) is 6.16. The average molecular weight is 265 g/mol. The monoisotopic (exact) mass is 265 g/mol. The highest BCUT2D eigenvalue weighted by Gasteiger charge is 2.27. The number of aromatic nitrogens is 2. The van der Waals surface area contributed by atoms with Gasteiger partial charge in [0.1, 0.15) is 18.0 Å². The van der Waals surface area contributed by atoms with Crippen molar-refractivity contribution in [1.29, 1.82) is 0 Å². The molecule has 19 heavy (non-hydrogen) atoms. The molecule has 2 atom stereocenters. The number of hydrogen-bond acceptors (Lipinski definition) is 6. The Labute approximate surface area is 114 Å². The highest BCUT2D eigenvalue weighted by Crippen LogP contribution is 2.28. The number of hydrogen-bond donors (Lipinski definition) is 3. The summed E-state index contributed by atoms with van der Waals surface area (Å²) in [6, 6.07) is 0. The SMILES string of the molecule is CCCc1c(NN)ncnc1N1CCC(C)C(O)C1. The van der Waals surface area contributed by atoms with E-state index in [1.807, 2.05) is 0 Å². The number of nitrogens with one attached hydrogen (secondary N) is 1. The Morgan fingerprint density at radius 3 is 2.95 bits per heavy atom. The predicted molar refractivity (Wildman–Crippen MR) is 75.8 cm³/mol. The molecule has 0 bridgehead atoms. The molecule has 1 fully saturated rings. The summed E-state index contributed by atoms with van der Waals surface area (Å²) in [5.74, 6) is 7.45. The van der Waals surface area contributed by atoms with Gasteiger partial charge in [0.05, 0.1) is 6.10 Å². The number of nitrogens with zero attached hydrogens (tertiary/aromatic N) is 3. The maximum absolute atomic E-state index is 10.0. The van der Waals surface area contributed by atoms with Gasteiger partial charge in [0.25, 0.3) is 0 Å². The van der Waals surface area contributed by atoms with Crippen molar-refractivity contribution in [2.24, 2.45) is 11.8 Å². The Morgan fingerprint density at radius 1 is 1.53 bits per heavy atom. The third kappa shape index (κ3) is 2.96. The van der Waals surface area contributed by atoms with E-state index < -0.39 is 0 Å². The van der Waals surface area contributed by atoms with E-state index in [-0.39, 0.29) is 6.10 Å². The zero-order valence-corrected chi connectivity index (χ0v) is 11.6. The number of piperidine rings is 1. The summed E-state index contributed by atoms with van der Waals surface area (Å²) in [4.78, 5) is 10.7. The number of β-amino-alcohol motifs (C(OH)–C–C–N with tert-alkyl or cyclic N) is 1. The molecule has 4 N–H and O–H groups in total. The number of rotatable bonds is 4. The molecule has 0 spiro atoms. The Kier molecular flexibility index (Phi) is 4.55. The van der Waals surface area contributed by atoms with Crippen LogP contribution in [0.2, 0.25) is 0 Å². The summed E-state index contributed by atoms with van der Waals surface area (Å²) in [5, 5.41) is 10.0. The molecular weight excluding hydrogens is 242 g/mol. The van der Waals surface area contributed by atoms with E-state index >= 15 is 0 Å². The summed E-state index contributed by atoms with van der Waals surface area (Å²) in [7, 11) is 0. The first kappa shape index (κ1) is 14.0. The van der Waals surface area contributed by atoms with Crippen LogP contribution in [0.15, 0.2) is 6.33 Å². The molecule has 2 rings (SSSR count). The molecule has 1 aliphatic rings. The van der Waals surface area contributed by atoms with Crippen LogP contribution in [0.1, 0.15) is 32.3 Å². The molecule has 2 unspecified atom stereocenters. The molecule has 6 heteroatoms. The van der Waals surface area contributed by atoms with E-state index in [1.54, 1.807) is 0 Å². The zero-order chi connectivity index (χ0) is 13.8. The number of anilines is 2. The van der Waals surface area contributed by atoms with Crippen LogP contribution in [0, 0.1) is 5.92 Å². The van der Waals surface area contributed by atoms with Crippen molar-refractivity contribution >= 4 is 11.6 Å². The normalized spacial score (nSPS) is 23.5. The Morgan fingerprint density at radius 2 is 2.32 bits per heavy atom. The van der Waals surface area contributed by atoms with E-state index in [0.717, 1.165) is 37.2 Å². The van der Waals surface area contributed by atoms with Crippen LogP contribution < -0.4 is 16.2 Å². The summed E-state index contributed by atoms with van der Waals surface area (Å²) in [6.45, 7) is 5.74. The van der Waals surface area contributed by atoms with Crippen LogP contribution in [-0.4, -0.2) is 34.3 Å². The van der Waals surface area contributed by atoms with Crippen molar-refractivity contribution in [3.8, 4) is 0 Å². The van der Waals surface area contributed by atoms with Crippen LogP contribution in [0.5, 0.6) is 0 Å². The first-order chi connectivity index (χ1) is 9.17. The third-order valence-corrected chi connectivity index (χ3v) is 3.78. The lowest BCUT2D eigenvalue weighted by molar-refractivity contribution is 0.102. The van der Waals surface area contributed by atoms with Crippen LogP contribution in [0.25, 0.3) is 0 Å². The molecule has 2 heterocycles. The van der Waals surface area contributed by atoms with Crippen LogP contribution in [0.4, 0.5) is 11.6 Å². The van der Waals surface area contributed by atoms with Gasteiger partial charge >= 0.3 is 0 Å². The van der Waals surface area contributed by atoms with Gasteiger partial charge in [0.15, 0.2) is 0 Å². The van der Waals surface area contributed by atoms with Gasteiger partial charge < -0.3 is 15.4 Å². The van der Waals surface area contributed by atoms with Gasteiger partial charge in [0.2, 0.25) is 0 Å². The molecule has 1 aliphatic heterocycles. The lowest BCUT2D eigenvalue weighted by Gasteiger charge is -2.36. The number of nitrogen functional groups attached to an aromatic ring is 1. The van der Waals surface area contributed by atoms with Crippen molar-refractivity contribution in [1.82, 2.24) is 9.97 Å². The summed E-state index contributed by atoms with van der Waals surface area (Å²) in [5.41, 5.74) is 3.68. The molecule has 0 aliphatic carbocycles. The summed E-state index contributed by atoms with van der Waals surface area (Å²) >= 11 is 0. The van der Waals surface area contributed by atoms with Gasteiger partial charge in [-0.3, -0.25) is 0 Å². The minimum atomic E-state index is -0.299. The Bertz CT molecular complexity index is 425. The second-order valence-electron chi connectivity index (χ2n) is 5.20. The van der Waals surface area contributed by atoms with Crippen molar-refractivity contribution in [2.45, 2.75) is 39.2 Å². The number of hydrazine groups is 1. The Hall–Kier alpha value is -1.40. The lowest BCUT2D eigenvalue weighted by atomic mass is 9.95. The molecule has 0 radical (unpaired) electrons. The lowest BCUT2D eigenvalue weighted by Crippen LogP contribution is -2.43. The van der Waals surface area contributed by atoms with Crippen molar-refractivity contribution in [2.75, 3.05) is 23.4 Å². The standard InChI is InChI=1S/C13H23N5O/c1-3-4-10-12(17-14)15-8-16-13(10)18-6-5-9(2)11(19)7-18/h8-9,11,19H,3-7,14H2,1-2H3,(H,15,16,17). The van der Waals surface area contributed by atoms with E-state index in [2.05, 4.69) is 34.1 Å². The van der Waals surface area contributed by atoms with E-state index in [4.69, 9.17) is 5.84 Å². The second-order valence-corrected chi connectivity index (χ2v) is 5.20. The van der Waals surface area contributed by atoms with Gasteiger partial charge in [-0.25, -0.2) is 15.8 Å². The van der Waals surface area contributed by atoms with E-state index in [0.29, 0.717) is 18.3 Å². The maximum atomic E-state index is 10.0. The molecule has 6 nitrogen and oxygen atoms in total. The first-order valence-electron chi connectivity index (χ1n) is 6.90. The van der Waals surface area contributed by atoms with Crippen LogP contribution >= 0.6 is 0 Å². The predicted octanol–water partition coefficient (Wildman–Crippen LogP) is 0.922. The van der Waals surface area contributed by atoms with Gasteiger partial charge in [0, 0.05) is 18.7 Å². The molecule has 0 saturated carbocycles. The van der Waals surface area contributed by atoms with Crippen molar-refractivity contribution in [3.05, 3.63) is 11.9 Å². The van der Waals surface area contributed by atoms with E-state index in [1.165, 1.54) is 6.33 Å². The molecule has 0 aromatic carbocycles. The minimum absolute atomic E-state index is 0.299. The zero-order valence-electron chi connectivity index (χ0n) is 11.6. The molecular formula is C13H23N5O. The fraction of sp³-hybridized carbons (Fsp3) is 0.692. The van der Waals surface area contributed by atoms with Crippen molar-refractivity contribution in [3.63, 3.8) is 0 Å². The molecule has 106 valence electrons. The fourth-order valence-electron chi connectivity index (χ4n) is 2.52.